The SMILES string of the molecule is O=C(CSc1nc2ccccc2c(=O)[nH]1)N1c2ccccc2S[C@H]2C=CC=C[C@H]21. The van der Waals surface area contributed by atoms with Crippen molar-refractivity contribution in [1.29, 1.82) is 0 Å². The van der Waals surface area contributed by atoms with Crippen molar-refractivity contribution in [3.8, 4) is 0 Å². The summed E-state index contributed by atoms with van der Waals surface area (Å²) in [5, 5.41) is 1.20. The summed E-state index contributed by atoms with van der Waals surface area (Å²) in [4.78, 5) is 35.8. The molecule has 2 heterocycles. The Hall–Kier alpha value is -2.77. The maximum absolute atomic E-state index is 13.3. The van der Waals surface area contributed by atoms with Crippen molar-refractivity contribution in [2.75, 3.05) is 10.7 Å². The average Bonchev–Trinajstić information content (AvgIpc) is 2.76. The van der Waals surface area contributed by atoms with Crippen LogP contribution in [0.2, 0.25) is 0 Å². The minimum atomic E-state index is -0.189. The molecule has 144 valence electrons. The molecule has 7 heteroatoms. The van der Waals surface area contributed by atoms with Crippen LogP contribution in [0, 0.1) is 0 Å². The third-order valence-corrected chi connectivity index (χ3v) is 7.10. The number of carbonyl (C=O) groups is 1. The third kappa shape index (κ3) is 3.41. The zero-order valence-electron chi connectivity index (χ0n) is 15.3. The van der Waals surface area contributed by atoms with Gasteiger partial charge in [0.2, 0.25) is 5.91 Å². The molecule has 1 N–H and O–H groups in total. The highest BCUT2D eigenvalue weighted by Crippen LogP contribution is 2.43. The van der Waals surface area contributed by atoms with Crippen LogP contribution in [0.15, 0.2) is 87.7 Å². The Bertz CT molecular complexity index is 1220. The topological polar surface area (TPSA) is 66.1 Å². The number of benzene rings is 2. The molecular formula is C22H17N3O2S2. The second-order valence-corrected chi connectivity index (χ2v) is 8.94. The number of aromatic amines is 1. The lowest BCUT2D eigenvalue weighted by molar-refractivity contribution is -0.116. The molecule has 5 rings (SSSR count). The summed E-state index contributed by atoms with van der Waals surface area (Å²) in [6.45, 7) is 0. The molecule has 5 nitrogen and oxygen atoms in total. The Balaban J connectivity index is 1.42. The number of anilines is 1. The average molecular weight is 420 g/mol. The summed E-state index contributed by atoms with van der Waals surface area (Å²) >= 11 is 3.04. The molecule has 1 aromatic heterocycles. The fourth-order valence-corrected chi connectivity index (χ4v) is 5.60. The normalized spacial score (nSPS) is 19.8. The van der Waals surface area contributed by atoms with Gasteiger partial charge >= 0.3 is 0 Å². The van der Waals surface area contributed by atoms with E-state index in [9.17, 15) is 9.59 Å². The molecule has 0 radical (unpaired) electrons. The van der Waals surface area contributed by atoms with Gasteiger partial charge in [-0.15, -0.1) is 11.8 Å². The summed E-state index contributed by atoms with van der Waals surface area (Å²) in [6, 6.07) is 15.2. The summed E-state index contributed by atoms with van der Waals surface area (Å²) in [7, 11) is 0. The molecule has 0 spiro atoms. The van der Waals surface area contributed by atoms with E-state index in [1.165, 1.54) is 11.8 Å². The molecule has 1 aliphatic heterocycles. The monoisotopic (exact) mass is 419 g/mol. The number of fused-ring (bicyclic) bond motifs is 3. The molecule has 2 atom stereocenters. The minimum absolute atomic E-state index is 0.00601. The molecule has 0 saturated heterocycles. The zero-order valence-corrected chi connectivity index (χ0v) is 17.0. The van der Waals surface area contributed by atoms with Crippen LogP contribution in [0.4, 0.5) is 5.69 Å². The van der Waals surface area contributed by atoms with Crippen LogP contribution in [-0.4, -0.2) is 32.9 Å². The van der Waals surface area contributed by atoms with Crippen molar-refractivity contribution in [2.45, 2.75) is 21.3 Å². The van der Waals surface area contributed by atoms with Gasteiger partial charge in [-0.25, -0.2) is 4.98 Å². The van der Waals surface area contributed by atoms with E-state index in [0.29, 0.717) is 16.1 Å². The number of rotatable bonds is 3. The zero-order chi connectivity index (χ0) is 19.8. The first kappa shape index (κ1) is 18.3. The lowest BCUT2D eigenvalue weighted by Gasteiger charge is -2.40. The Morgan fingerprint density at radius 3 is 2.83 bits per heavy atom. The van der Waals surface area contributed by atoms with Crippen LogP contribution in [0.25, 0.3) is 10.9 Å². The predicted molar refractivity (Wildman–Crippen MR) is 119 cm³/mol. The van der Waals surface area contributed by atoms with E-state index in [1.807, 2.05) is 47.4 Å². The van der Waals surface area contributed by atoms with Gasteiger partial charge in [-0.05, 0) is 24.3 Å². The number of hydrogen-bond donors (Lipinski definition) is 1. The summed E-state index contributed by atoms with van der Waals surface area (Å²) in [5.41, 5.74) is 1.38. The molecule has 0 unspecified atom stereocenters. The number of para-hydroxylation sites is 2. The van der Waals surface area contributed by atoms with Crippen molar-refractivity contribution >= 4 is 46.0 Å². The number of hydrogen-bond acceptors (Lipinski definition) is 5. The molecule has 1 amide bonds. The Morgan fingerprint density at radius 1 is 1.10 bits per heavy atom. The second-order valence-electron chi connectivity index (χ2n) is 6.75. The van der Waals surface area contributed by atoms with Gasteiger partial charge in [-0.3, -0.25) is 9.59 Å². The Morgan fingerprint density at radius 2 is 1.90 bits per heavy atom. The van der Waals surface area contributed by atoms with Crippen LogP contribution in [0.1, 0.15) is 0 Å². The van der Waals surface area contributed by atoms with E-state index >= 15 is 0 Å². The van der Waals surface area contributed by atoms with Gasteiger partial charge in [-0.2, -0.15) is 0 Å². The number of H-pyrrole nitrogens is 1. The van der Waals surface area contributed by atoms with E-state index in [4.69, 9.17) is 0 Å². The van der Waals surface area contributed by atoms with Crippen molar-refractivity contribution in [3.63, 3.8) is 0 Å². The van der Waals surface area contributed by atoms with Crippen LogP contribution in [0.3, 0.4) is 0 Å². The molecule has 2 aliphatic rings. The van der Waals surface area contributed by atoms with Crippen molar-refractivity contribution in [2.24, 2.45) is 0 Å². The van der Waals surface area contributed by atoms with E-state index in [1.54, 1.807) is 23.9 Å². The fraction of sp³-hybridized carbons (Fsp3) is 0.136. The molecular weight excluding hydrogens is 402 g/mol. The number of allylic oxidation sites excluding steroid dienone is 2. The number of nitrogens with zero attached hydrogens (tertiary/aromatic N) is 2. The van der Waals surface area contributed by atoms with Crippen molar-refractivity contribution in [3.05, 3.63) is 83.2 Å². The number of aromatic nitrogens is 2. The van der Waals surface area contributed by atoms with Crippen molar-refractivity contribution < 1.29 is 4.79 Å². The molecule has 0 saturated carbocycles. The van der Waals surface area contributed by atoms with Crippen LogP contribution in [-0.2, 0) is 4.79 Å². The van der Waals surface area contributed by atoms with E-state index in [2.05, 4.69) is 28.2 Å². The van der Waals surface area contributed by atoms with Crippen molar-refractivity contribution in [1.82, 2.24) is 9.97 Å². The summed E-state index contributed by atoms with van der Waals surface area (Å²) < 4.78 is 0. The van der Waals surface area contributed by atoms with Gasteiger partial charge in [0.05, 0.1) is 33.6 Å². The van der Waals surface area contributed by atoms with Gasteiger partial charge < -0.3 is 9.88 Å². The minimum Gasteiger partial charge on any atom is -0.302 e. The standard InChI is InChI=1S/C22H17N3O2S2/c26-20(13-28-22-23-15-8-2-1-7-14(15)21(27)24-22)25-16-9-3-5-11-18(16)29-19-12-6-4-10-17(19)25/h1-12,16,18H,13H2,(H,23,24,27)/t16-,18+/m1/s1. The van der Waals surface area contributed by atoms with Gasteiger partial charge in [0.15, 0.2) is 5.16 Å². The smallest absolute Gasteiger partial charge is 0.259 e. The first-order chi connectivity index (χ1) is 14.2. The highest BCUT2D eigenvalue weighted by atomic mass is 32.2. The van der Waals surface area contributed by atoms with Gasteiger partial charge in [0, 0.05) is 4.90 Å². The first-order valence-corrected chi connectivity index (χ1v) is 11.1. The lowest BCUT2D eigenvalue weighted by atomic mass is 10.0. The number of thioether (sulfide) groups is 2. The summed E-state index contributed by atoms with van der Waals surface area (Å²) in [5.74, 6) is 0.189. The van der Waals surface area contributed by atoms with Crippen LogP contribution < -0.4 is 10.5 Å². The maximum Gasteiger partial charge on any atom is 0.259 e. The first-order valence-electron chi connectivity index (χ1n) is 9.25. The molecule has 3 aromatic rings. The molecule has 1 aliphatic carbocycles. The molecule has 0 fully saturated rings. The third-order valence-electron chi connectivity index (χ3n) is 4.93. The number of nitrogens with one attached hydrogen (secondary N) is 1. The van der Waals surface area contributed by atoms with E-state index < -0.39 is 0 Å². The molecule has 2 aromatic carbocycles. The molecule has 0 bridgehead atoms. The Kier molecular flexibility index (Phi) is 4.77. The van der Waals surface area contributed by atoms with Gasteiger partial charge in [0.25, 0.3) is 5.56 Å². The highest BCUT2D eigenvalue weighted by Gasteiger charge is 2.36. The number of carbonyl (C=O) groups excluding carboxylic acids is 1. The van der Waals surface area contributed by atoms with E-state index in [0.717, 1.165) is 10.6 Å². The van der Waals surface area contributed by atoms with Crippen LogP contribution >= 0.6 is 23.5 Å². The molecule has 29 heavy (non-hydrogen) atoms. The highest BCUT2D eigenvalue weighted by molar-refractivity contribution is 8.00. The maximum atomic E-state index is 13.3. The lowest BCUT2D eigenvalue weighted by Crippen LogP contribution is -2.48. The quantitative estimate of drug-likeness (QED) is 0.513. The van der Waals surface area contributed by atoms with Gasteiger partial charge in [-0.1, -0.05) is 60.3 Å². The largest absolute Gasteiger partial charge is 0.302 e. The second kappa shape index (κ2) is 7.57. The Labute approximate surface area is 175 Å². The van der Waals surface area contributed by atoms with Gasteiger partial charge in [0.1, 0.15) is 0 Å². The van der Waals surface area contributed by atoms with Crippen LogP contribution in [0.5, 0.6) is 0 Å². The van der Waals surface area contributed by atoms with E-state index in [-0.39, 0.29) is 28.5 Å². The number of amides is 1. The summed E-state index contributed by atoms with van der Waals surface area (Å²) in [6.07, 6.45) is 8.24. The predicted octanol–water partition coefficient (Wildman–Crippen LogP) is 4.02. The fourth-order valence-electron chi connectivity index (χ4n) is 3.61.